The van der Waals surface area contributed by atoms with Gasteiger partial charge in [-0.25, -0.2) is 0 Å². The van der Waals surface area contributed by atoms with Crippen molar-refractivity contribution in [3.63, 3.8) is 0 Å². The summed E-state index contributed by atoms with van der Waals surface area (Å²) >= 11 is 9.96. The molecule has 0 spiro atoms. The first kappa shape index (κ1) is 12.0. The third kappa shape index (κ3) is 2.03. The minimum absolute atomic E-state index is 0.102. The van der Waals surface area contributed by atoms with Crippen molar-refractivity contribution in [2.24, 2.45) is 0 Å². The topological polar surface area (TPSA) is 9.23 Å². The molecule has 18 heavy (non-hydrogen) atoms. The normalized spacial score (nSPS) is 12.8. The number of benzene rings is 1. The zero-order chi connectivity index (χ0) is 12.5. The number of hydrogen-bond donors (Lipinski definition) is 0. The van der Waals surface area contributed by atoms with E-state index >= 15 is 0 Å². The Morgan fingerprint density at radius 2 is 2.00 bits per heavy atom. The molecule has 0 aliphatic heterocycles. The third-order valence-electron chi connectivity index (χ3n) is 2.87. The molecule has 2 aromatic heterocycles. The molecule has 0 saturated heterocycles. The maximum absolute atomic E-state index is 6.58. The Labute approximate surface area is 119 Å². The average Bonchev–Trinajstić information content (AvgIpc) is 3.04. The minimum atomic E-state index is -0.102. The van der Waals surface area contributed by atoms with E-state index in [1.165, 1.54) is 15.6 Å². The van der Waals surface area contributed by atoms with Crippen molar-refractivity contribution in [1.82, 2.24) is 0 Å². The lowest BCUT2D eigenvalue weighted by atomic mass is 10.1. The van der Waals surface area contributed by atoms with Crippen molar-refractivity contribution in [3.05, 3.63) is 51.5 Å². The van der Waals surface area contributed by atoms with E-state index in [2.05, 4.69) is 29.6 Å². The van der Waals surface area contributed by atoms with E-state index in [0.29, 0.717) is 0 Å². The maximum atomic E-state index is 6.58. The summed E-state index contributed by atoms with van der Waals surface area (Å²) in [5, 5.41) is 5.28. The summed E-state index contributed by atoms with van der Waals surface area (Å²) in [4.78, 5) is 1.12. The zero-order valence-electron chi connectivity index (χ0n) is 9.72. The highest BCUT2D eigenvalue weighted by Crippen LogP contribution is 2.40. The Morgan fingerprint density at radius 1 is 1.17 bits per heavy atom. The van der Waals surface area contributed by atoms with Gasteiger partial charge in [-0.1, -0.05) is 18.2 Å². The lowest BCUT2D eigenvalue weighted by molar-refractivity contribution is 0.416. The molecule has 1 unspecified atom stereocenters. The van der Waals surface area contributed by atoms with Crippen molar-refractivity contribution in [1.29, 1.82) is 0 Å². The number of thiophene rings is 2. The van der Waals surface area contributed by atoms with Crippen LogP contribution in [0, 0.1) is 0 Å². The van der Waals surface area contributed by atoms with Gasteiger partial charge in [0.1, 0.15) is 5.75 Å². The van der Waals surface area contributed by atoms with Crippen LogP contribution >= 0.6 is 34.3 Å². The summed E-state index contributed by atoms with van der Waals surface area (Å²) in [6.45, 7) is 0. The van der Waals surface area contributed by atoms with Crippen LogP contribution in [-0.4, -0.2) is 7.11 Å². The number of ether oxygens (including phenoxy) is 1. The molecule has 3 rings (SSSR count). The molecule has 1 aromatic carbocycles. The molecule has 92 valence electrons. The summed E-state index contributed by atoms with van der Waals surface area (Å²) in [7, 11) is 1.68. The molecule has 0 fully saturated rings. The van der Waals surface area contributed by atoms with Crippen LogP contribution in [-0.2, 0) is 0 Å². The van der Waals surface area contributed by atoms with Gasteiger partial charge < -0.3 is 4.74 Å². The SMILES string of the molecule is COc1csc(C(Cl)c2csc3ccccc23)c1. The largest absolute Gasteiger partial charge is 0.496 e. The first-order valence-electron chi connectivity index (χ1n) is 5.52. The predicted octanol–water partition coefficient (Wildman–Crippen LogP) is 5.30. The predicted molar refractivity (Wildman–Crippen MR) is 80.4 cm³/mol. The molecule has 0 N–H and O–H groups in total. The fourth-order valence-corrected chi connectivity index (χ4v) is 4.23. The molecule has 0 saturated carbocycles. The standard InChI is InChI=1S/C14H11ClOS2/c1-16-9-6-13(17-7-9)14(15)11-8-18-12-5-3-2-4-10(11)12/h2-8,14H,1H3. The van der Waals surface area contributed by atoms with Gasteiger partial charge in [0.2, 0.25) is 0 Å². The van der Waals surface area contributed by atoms with Gasteiger partial charge in [-0.15, -0.1) is 34.3 Å². The highest BCUT2D eigenvalue weighted by atomic mass is 35.5. The van der Waals surface area contributed by atoms with Gasteiger partial charge >= 0.3 is 0 Å². The third-order valence-corrected chi connectivity index (χ3v) is 5.42. The van der Waals surface area contributed by atoms with E-state index in [9.17, 15) is 0 Å². The van der Waals surface area contributed by atoms with E-state index < -0.39 is 0 Å². The van der Waals surface area contributed by atoms with E-state index in [1.54, 1.807) is 29.8 Å². The van der Waals surface area contributed by atoms with Crippen molar-refractivity contribution in [2.75, 3.05) is 7.11 Å². The Morgan fingerprint density at radius 3 is 2.78 bits per heavy atom. The van der Waals surface area contributed by atoms with Crippen molar-refractivity contribution in [2.45, 2.75) is 5.38 Å². The monoisotopic (exact) mass is 294 g/mol. The smallest absolute Gasteiger partial charge is 0.129 e. The molecule has 0 aliphatic rings. The first-order chi connectivity index (χ1) is 8.79. The lowest BCUT2D eigenvalue weighted by Gasteiger charge is -2.05. The van der Waals surface area contributed by atoms with Gasteiger partial charge in [-0.05, 0) is 28.5 Å². The molecule has 2 heterocycles. The Hall–Kier alpha value is -1.03. The fourth-order valence-electron chi connectivity index (χ4n) is 1.92. The Balaban J connectivity index is 2.03. The summed E-state index contributed by atoms with van der Waals surface area (Å²) in [6, 6.07) is 10.4. The quantitative estimate of drug-likeness (QED) is 0.596. The number of hydrogen-bond acceptors (Lipinski definition) is 3. The van der Waals surface area contributed by atoms with Gasteiger partial charge in [0, 0.05) is 15.0 Å². The second-order valence-corrected chi connectivity index (χ2v) is 6.23. The molecule has 1 atom stereocenters. The molecular formula is C14H11ClOS2. The lowest BCUT2D eigenvalue weighted by Crippen LogP contribution is -1.88. The van der Waals surface area contributed by atoms with Gasteiger partial charge in [-0.2, -0.15) is 0 Å². The highest BCUT2D eigenvalue weighted by molar-refractivity contribution is 7.17. The van der Waals surface area contributed by atoms with Crippen LogP contribution in [0.2, 0.25) is 0 Å². The molecule has 4 heteroatoms. The summed E-state index contributed by atoms with van der Waals surface area (Å²) in [5.41, 5.74) is 1.18. The molecular weight excluding hydrogens is 284 g/mol. The van der Waals surface area contributed by atoms with Crippen molar-refractivity contribution >= 4 is 44.4 Å². The summed E-state index contributed by atoms with van der Waals surface area (Å²) in [6.07, 6.45) is 0. The van der Waals surface area contributed by atoms with Gasteiger partial charge in [-0.3, -0.25) is 0 Å². The van der Waals surface area contributed by atoms with Crippen molar-refractivity contribution < 1.29 is 4.74 Å². The Bertz CT molecular complexity index is 671. The van der Waals surface area contributed by atoms with Gasteiger partial charge in [0.05, 0.1) is 12.5 Å². The summed E-state index contributed by atoms with van der Waals surface area (Å²) < 4.78 is 6.48. The number of alkyl halides is 1. The first-order valence-corrected chi connectivity index (χ1v) is 7.72. The number of rotatable bonds is 3. The van der Waals surface area contributed by atoms with E-state index in [-0.39, 0.29) is 5.38 Å². The molecule has 0 bridgehead atoms. The molecule has 1 nitrogen and oxygen atoms in total. The average molecular weight is 295 g/mol. The highest BCUT2D eigenvalue weighted by Gasteiger charge is 2.17. The second-order valence-electron chi connectivity index (χ2n) is 3.94. The van der Waals surface area contributed by atoms with Crippen LogP contribution in [0.5, 0.6) is 5.75 Å². The maximum Gasteiger partial charge on any atom is 0.129 e. The van der Waals surface area contributed by atoms with Gasteiger partial charge in [0.15, 0.2) is 0 Å². The molecule has 0 aliphatic carbocycles. The van der Waals surface area contributed by atoms with Crippen LogP contribution in [0.15, 0.2) is 41.1 Å². The second kappa shape index (κ2) is 4.92. The van der Waals surface area contributed by atoms with E-state index in [0.717, 1.165) is 10.6 Å². The van der Waals surface area contributed by atoms with Crippen LogP contribution < -0.4 is 4.74 Å². The van der Waals surface area contributed by atoms with E-state index in [1.807, 2.05) is 11.4 Å². The number of fused-ring (bicyclic) bond motifs is 1. The number of halogens is 1. The Kier molecular flexibility index (Phi) is 3.29. The minimum Gasteiger partial charge on any atom is -0.496 e. The van der Waals surface area contributed by atoms with E-state index in [4.69, 9.17) is 16.3 Å². The van der Waals surface area contributed by atoms with Gasteiger partial charge in [0.25, 0.3) is 0 Å². The van der Waals surface area contributed by atoms with Crippen molar-refractivity contribution in [3.8, 4) is 5.75 Å². The van der Waals surface area contributed by atoms with Crippen LogP contribution in [0.3, 0.4) is 0 Å². The van der Waals surface area contributed by atoms with Crippen LogP contribution in [0.1, 0.15) is 15.8 Å². The number of methoxy groups -OCH3 is 1. The zero-order valence-corrected chi connectivity index (χ0v) is 12.1. The molecule has 0 amide bonds. The fraction of sp³-hybridized carbons (Fsp3) is 0.143. The molecule has 3 aromatic rings. The molecule has 0 radical (unpaired) electrons. The summed E-state index contributed by atoms with van der Waals surface area (Å²) in [5.74, 6) is 0.875. The van der Waals surface area contributed by atoms with Crippen LogP contribution in [0.4, 0.5) is 0 Å². The van der Waals surface area contributed by atoms with Crippen LogP contribution in [0.25, 0.3) is 10.1 Å².